The number of esters is 1. The van der Waals surface area contributed by atoms with Crippen LogP contribution in [0.5, 0.6) is 11.5 Å². The van der Waals surface area contributed by atoms with Gasteiger partial charge in [0.25, 0.3) is 0 Å². The van der Waals surface area contributed by atoms with Gasteiger partial charge >= 0.3 is 17.8 Å². The molecule has 0 fully saturated rings. The number of carbonyl (C=O) groups excluding carboxylic acids is 3. The van der Waals surface area contributed by atoms with Gasteiger partial charge in [-0.2, -0.15) is 5.10 Å². The van der Waals surface area contributed by atoms with Crippen molar-refractivity contribution < 1.29 is 23.9 Å². The number of methoxy groups -OCH3 is 1. The van der Waals surface area contributed by atoms with Crippen molar-refractivity contribution in [3.63, 3.8) is 0 Å². The fourth-order valence-electron chi connectivity index (χ4n) is 2.87. The van der Waals surface area contributed by atoms with Gasteiger partial charge < -0.3 is 14.8 Å². The van der Waals surface area contributed by atoms with Crippen molar-refractivity contribution in [3.05, 3.63) is 86.8 Å². The number of carbonyl (C=O) groups is 3. The van der Waals surface area contributed by atoms with Crippen LogP contribution in [-0.2, 0) is 9.59 Å². The predicted molar refractivity (Wildman–Crippen MR) is 137 cm³/mol. The van der Waals surface area contributed by atoms with Gasteiger partial charge in [0.2, 0.25) is 0 Å². The molecule has 2 N–H and O–H groups in total. The quantitative estimate of drug-likeness (QED) is 0.144. The lowest BCUT2D eigenvalue weighted by Crippen LogP contribution is -2.32. The van der Waals surface area contributed by atoms with Crippen LogP contribution in [-0.4, -0.2) is 30.6 Å². The van der Waals surface area contributed by atoms with E-state index < -0.39 is 17.8 Å². The lowest BCUT2D eigenvalue weighted by Gasteiger charge is -2.12. The zero-order chi connectivity index (χ0) is 25.5. The highest BCUT2D eigenvalue weighted by molar-refractivity contribution is 9.10. The number of amides is 2. The summed E-state index contributed by atoms with van der Waals surface area (Å²) in [6.45, 7) is 3.46. The number of hydrogen-bond acceptors (Lipinski definition) is 6. The van der Waals surface area contributed by atoms with Gasteiger partial charge in [0, 0.05) is 20.7 Å². The molecule has 0 aliphatic rings. The van der Waals surface area contributed by atoms with Gasteiger partial charge in [0.1, 0.15) is 0 Å². The highest BCUT2D eigenvalue weighted by Gasteiger charge is 2.17. The summed E-state index contributed by atoms with van der Waals surface area (Å²) < 4.78 is 11.4. The summed E-state index contributed by atoms with van der Waals surface area (Å²) in [4.78, 5) is 36.8. The molecule has 0 saturated carbocycles. The zero-order valence-electron chi connectivity index (χ0n) is 19.0. The molecule has 180 valence electrons. The number of nitrogens with one attached hydrogen (secondary N) is 2. The summed E-state index contributed by atoms with van der Waals surface area (Å²) in [5, 5.41) is 6.90. The van der Waals surface area contributed by atoms with E-state index in [-0.39, 0.29) is 11.5 Å². The van der Waals surface area contributed by atoms with Gasteiger partial charge in [-0.3, -0.25) is 9.59 Å². The molecule has 0 saturated heterocycles. The smallest absolute Gasteiger partial charge is 0.344 e. The van der Waals surface area contributed by atoms with Crippen molar-refractivity contribution in [1.29, 1.82) is 0 Å². The minimum absolute atomic E-state index is 0.213. The molecular formula is C25H21BrClN3O5. The minimum Gasteiger partial charge on any atom is -0.493 e. The molecule has 3 rings (SSSR count). The summed E-state index contributed by atoms with van der Waals surface area (Å²) in [5.41, 5.74) is 4.78. The zero-order valence-corrected chi connectivity index (χ0v) is 21.4. The van der Waals surface area contributed by atoms with Crippen molar-refractivity contribution in [2.75, 3.05) is 12.4 Å². The van der Waals surface area contributed by atoms with Crippen molar-refractivity contribution in [2.45, 2.75) is 13.8 Å². The number of rotatable bonds is 6. The van der Waals surface area contributed by atoms with Crippen LogP contribution in [0, 0.1) is 6.92 Å². The fourth-order valence-corrected chi connectivity index (χ4v) is 3.49. The van der Waals surface area contributed by atoms with E-state index in [4.69, 9.17) is 21.1 Å². The summed E-state index contributed by atoms with van der Waals surface area (Å²) >= 11 is 9.36. The van der Waals surface area contributed by atoms with Crippen LogP contribution in [0.4, 0.5) is 5.69 Å². The molecule has 0 radical (unpaired) electrons. The van der Waals surface area contributed by atoms with E-state index in [0.717, 1.165) is 5.56 Å². The maximum atomic E-state index is 12.5. The third-order valence-corrected chi connectivity index (χ3v) is 5.94. The average Bonchev–Trinajstić information content (AvgIpc) is 2.84. The number of halogens is 2. The van der Waals surface area contributed by atoms with Crippen LogP contribution in [0.1, 0.15) is 28.4 Å². The van der Waals surface area contributed by atoms with Crippen molar-refractivity contribution in [2.24, 2.45) is 5.10 Å². The van der Waals surface area contributed by atoms with E-state index in [1.807, 2.05) is 6.92 Å². The molecule has 0 atom stereocenters. The lowest BCUT2D eigenvalue weighted by molar-refractivity contribution is -0.136. The SMILES string of the molecule is COc1cc(/C(C)=N/NC(=O)C(=O)Nc2ccc(C)c(Cl)c2)ccc1OC(=O)c1ccccc1Br. The molecule has 0 aromatic heterocycles. The Labute approximate surface area is 215 Å². The third-order valence-electron chi connectivity index (χ3n) is 4.84. The Kier molecular flexibility index (Phi) is 8.62. The Balaban J connectivity index is 1.67. The molecule has 0 unspecified atom stereocenters. The monoisotopic (exact) mass is 557 g/mol. The molecule has 10 heteroatoms. The van der Waals surface area contributed by atoms with Crippen LogP contribution in [0.25, 0.3) is 0 Å². The molecule has 0 aliphatic carbocycles. The fraction of sp³-hybridized carbons (Fsp3) is 0.120. The standard InChI is InChI=1S/C25H21BrClN3O5/c1-14-8-10-17(13-20(14)27)28-23(31)24(32)30-29-15(2)16-9-11-21(22(12-16)34-3)35-25(33)18-6-4-5-7-19(18)26/h4-13H,1-3H3,(H,28,31)(H,30,32)/b29-15+. The molecule has 3 aromatic rings. The number of aryl methyl sites for hydroxylation is 1. The van der Waals surface area contributed by atoms with Gasteiger partial charge in [-0.15, -0.1) is 0 Å². The second kappa shape index (κ2) is 11.6. The van der Waals surface area contributed by atoms with E-state index in [9.17, 15) is 14.4 Å². The van der Waals surface area contributed by atoms with Gasteiger partial charge in [0.05, 0.1) is 18.4 Å². The highest BCUT2D eigenvalue weighted by Crippen LogP contribution is 2.30. The average molecular weight is 559 g/mol. The Morgan fingerprint density at radius 3 is 2.40 bits per heavy atom. The highest BCUT2D eigenvalue weighted by atomic mass is 79.9. The molecular weight excluding hydrogens is 538 g/mol. The normalized spacial score (nSPS) is 10.9. The van der Waals surface area contributed by atoms with Gasteiger partial charge in [-0.25, -0.2) is 10.2 Å². The summed E-state index contributed by atoms with van der Waals surface area (Å²) in [6.07, 6.45) is 0. The first-order chi connectivity index (χ1) is 16.7. The van der Waals surface area contributed by atoms with Crippen molar-refractivity contribution >= 4 is 56.7 Å². The van der Waals surface area contributed by atoms with E-state index in [2.05, 4.69) is 31.8 Å². The van der Waals surface area contributed by atoms with E-state index >= 15 is 0 Å². The Morgan fingerprint density at radius 1 is 0.971 bits per heavy atom. The Morgan fingerprint density at radius 2 is 1.71 bits per heavy atom. The Hall–Kier alpha value is -3.69. The van der Waals surface area contributed by atoms with Crippen LogP contribution in [0.3, 0.4) is 0 Å². The van der Waals surface area contributed by atoms with Gasteiger partial charge in [0.15, 0.2) is 11.5 Å². The maximum Gasteiger partial charge on any atom is 0.344 e. The molecule has 0 spiro atoms. The predicted octanol–water partition coefficient (Wildman–Crippen LogP) is 5.12. The van der Waals surface area contributed by atoms with E-state index in [0.29, 0.717) is 32.0 Å². The van der Waals surface area contributed by atoms with E-state index in [1.165, 1.54) is 7.11 Å². The van der Waals surface area contributed by atoms with Crippen LogP contribution in [0.2, 0.25) is 5.02 Å². The molecule has 2 amide bonds. The number of hydrogen-bond donors (Lipinski definition) is 2. The molecule has 8 nitrogen and oxygen atoms in total. The number of anilines is 1. The maximum absolute atomic E-state index is 12.5. The summed E-state index contributed by atoms with van der Waals surface area (Å²) in [7, 11) is 1.44. The Bertz CT molecular complexity index is 1330. The largest absolute Gasteiger partial charge is 0.493 e. The first-order valence-corrected chi connectivity index (χ1v) is 11.4. The number of hydrazone groups is 1. The lowest BCUT2D eigenvalue weighted by atomic mass is 10.1. The van der Waals surface area contributed by atoms with Crippen LogP contribution in [0.15, 0.2) is 70.2 Å². The number of benzene rings is 3. The molecule has 0 bridgehead atoms. The van der Waals surface area contributed by atoms with Crippen LogP contribution >= 0.6 is 27.5 Å². The van der Waals surface area contributed by atoms with E-state index in [1.54, 1.807) is 67.6 Å². The number of nitrogens with zero attached hydrogens (tertiary/aromatic N) is 1. The summed E-state index contributed by atoms with van der Waals surface area (Å²) in [6, 6.07) is 16.6. The summed E-state index contributed by atoms with van der Waals surface area (Å²) in [5.74, 6) is -1.90. The number of ether oxygens (including phenoxy) is 2. The molecule has 0 heterocycles. The van der Waals surface area contributed by atoms with Gasteiger partial charge in [-0.1, -0.05) is 29.8 Å². The van der Waals surface area contributed by atoms with Crippen molar-refractivity contribution in [3.8, 4) is 11.5 Å². The second-order valence-corrected chi connectivity index (χ2v) is 8.55. The molecule has 35 heavy (non-hydrogen) atoms. The third kappa shape index (κ3) is 6.68. The topological polar surface area (TPSA) is 106 Å². The van der Waals surface area contributed by atoms with Crippen molar-refractivity contribution in [1.82, 2.24) is 5.43 Å². The first kappa shape index (κ1) is 25.9. The minimum atomic E-state index is -0.952. The van der Waals surface area contributed by atoms with Gasteiger partial charge in [-0.05, 0) is 77.8 Å². The van der Waals surface area contributed by atoms with Crippen LogP contribution < -0.4 is 20.2 Å². The molecule has 3 aromatic carbocycles. The second-order valence-electron chi connectivity index (χ2n) is 7.29. The first-order valence-electron chi connectivity index (χ1n) is 10.3. The molecule has 0 aliphatic heterocycles.